The van der Waals surface area contributed by atoms with Crippen LogP contribution in [0.5, 0.6) is 0 Å². The highest BCUT2D eigenvalue weighted by molar-refractivity contribution is 6.33. The summed E-state index contributed by atoms with van der Waals surface area (Å²) in [7, 11) is 3.25. The lowest BCUT2D eigenvalue weighted by molar-refractivity contribution is -0.137. The minimum Gasteiger partial charge on any atom is -0.496 e. The highest BCUT2D eigenvalue weighted by Gasteiger charge is 2.31. The molecule has 0 aliphatic carbocycles. The molecule has 0 heterocycles. The van der Waals surface area contributed by atoms with E-state index in [1.807, 2.05) is 11.8 Å². The number of hydrogen-bond donors (Lipinski definition) is 3. The number of hydrogen-bond acceptors (Lipinski definition) is 7. The monoisotopic (exact) mass is 564 g/mol. The van der Waals surface area contributed by atoms with Crippen LogP contribution in [0.3, 0.4) is 0 Å². The molecule has 0 aliphatic rings. The Kier molecular flexibility index (Phi) is 11.1. The summed E-state index contributed by atoms with van der Waals surface area (Å²) >= 11 is 6.29. The third-order valence-electron chi connectivity index (χ3n) is 5.54. The Balaban J connectivity index is 2.31. The van der Waals surface area contributed by atoms with Crippen molar-refractivity contribution in [1.29, 1.82) is 0 Å². The molecule has 0 radical (unpaired) electrons. The lowest BCUT2D eigenvalue weighted by atomic mass is 10.1. The third-order valence-corrected chi connectivity index (χ3v) is 5.86. The first-order valence-corrected chi connectivity index (χ1v) is 12.1. The summed E-state index contributed by atoms with van der Waals surface area (Å²) in [5.74, 6) is 5.85. The molecule has 2 aromatic rings. The number of benzene rings is 2. The number of nitrogens with zero attached hydrogens (tertiary/aromatic N) is 3. The van der Waals surface area contributed by atoms with Crippen LogP contribution >= 0.6 is 11.6 Å². The fourth-order valence-corrected chi connectivity index (χ4v) is 3.39. The van der Waals surface area contributed by atoms with E-state index in [9.17, 15) is 18.0 Å². The smallest absolute Gasteiger partial charge is 0.416 e. The highest BCUT2D eigenvalue weighted by atomic mass is 35.5. The quantitative estimate of drug-likeness (QED) is 0.107. The van der Waals surface area contributed by atoms with Gasteiger partial charge in [-0.25, -0.2) is 5.84 Å². The summed E-state index contributed by atoms with van der Waals surface area (Å²) in [5, 5.41) is 3.89. The van der Waals surface area contributed by atoms with Crippen molar-refractivity contribution in [2.24, 2.45) is 16.6 Å². The lowest BCUT2D eigenvalue weighted by Gasteiger charge is -2.19. The summed E-state index contributed by atoms with van der Waals surface area (Å²) in [6.45, 7) is 8.15. The molecule has 5 N–H and O–H groups in total. The van der Waals surface area contributed by atoms with E-state index in [2.05, 4.69) is 16.9 Å². The number of hydrazine groups is 1. The molecular weight excluding hydrogens is 533 g/mol. The Morgan fingerprint density at radius 3 is 2.56 bits per heavy atom. The van der Waals surface area contributed by atoms with E-state index in [0.29, 0.717) is 23.4 Å². The number of amides is 1. The summed E-state index contributed by atoms with van der Waals surface area (Å²) in [4.78, 5) is 18.9. The van der Waals surface area contributed by atoms with Gasteiger partial charge in [-0.2, -0.15) is 13.2 Å². The van der Waals surface area contributed by atoms with Crippen molar-refractivity contribution in [2.75, 3.05) is 31.0 Å². The molecule has 2 aromatic carbocycles. The van der Waals surface area contributed by atoms with E-state index in [1.165, 1.54) is 50.0 Å². The van der Waals surface area contributed by atoms with E-state index < -0.39 is 17.6 Å². The number of halogens is 4. The number of methoxy groups -OCH3 is 1. The number of alkyl halides is 3. The van der Waals surface area contributed by atoms with Crippen molar-refractivity contribution in [1.82, 2.24) is 4.90 Å². The molecule has 12 heteroatoms. The number of nitrogens with one attached hydrogen (secondary N) is 1. The van der Waals surface area contributed by atoms with Gasteiger partial charge in [0.2, 0.25) is 0 Å². The average Bonchev–Trinajstić information content (AvgIpc) is 2.87. The van der Waals surface area contributed by atoms with Crippen LogP contribution in [-0.4, -0.2) is 37.7 Å². The van der Waals surface area contributed by atoms with E-state index in [-0.39, 0.29) is 34.2 Å². The summed E-state index contributed by atoms with van der Waals surface area (Å²) < 4.78 is 45.4. The summed E-state index contributed by atoms with van der Waals surface area (Å²) in [5.41, 5.74) is 6.85. The zero-order valence-corrected chi connectivity index (χ0v) is 22.9. The van der Waals surface area contributed by atoms with E-state index in [0.717, 1.165) is 17.1 Å². The molecule has 0 saturated carbocycles. The average molecular weight is 565 g/mol. The molecule has 0 atom stereocenters. The Hall–Kier alpha value is -3.80. The predicted octanol–water partition coefficient (Wildman–Crippen LogP) is 5.68. The molecule has 0 aromatic heterocycles. The topological polar surface area (TPSA) is 109 Å². The van der Waals surface area contributed by atoms with E-state index >= 15 is 0 Å². The van der Waals surface area contributed by atoms with Gasteiger partial charge in [0.1, 0.15) is 5.76 Å². The number of ether oxygens (including phenoxy) is 1. The first kappa shape index (κ1) is 31.4. The van der Waals surface area contributed by atoms with Crippen LogP contribution in [0.25, 0.3) is 0 Å². The van der Waals surface area contributed by atoms with Crippen LogP contribution in [0.4, 0.5) is 24.5 Å². The van der Waals surface area contributed by atoms with Crippen LogP contribution < -0.4 is 21.9 Å². The molecule has 0 unspecified atom stereocenters. The van der Waals surface area contributed by atoms with Crippen LogP contribution in [-0.2, 0) is 17.5 Å². The first-order chi connectivity index (χ1) is 18.2. The molecule has 8 nitrogen and oxygen atoms in total. The highest BCUT2D eigenvalue weighted by Crippen LogP contribution is 2.33. The predicted molar refractivity (Wildman–Crippen MR) is 150 cm³/mol. The molecule has 0 bridgehead atoms. The Morgan fingerprint density at radius 2 is 1.95 bits per heavy atom. The molecule has 2 rings (SSSR count). The van der Waals surface area contributed by atoms with Gasteiger partial charge in [-0.1, -0.05) is 25.1 Å². The molecule has 1 amide bonds. The molecule has 39 heavy (non-hydrogen) atoms. The van der Waals surface area contributed by atoms with Crippen molar-refractivity contribution in [3.05, 3.63) is 94.1 Å². The zero-order chi connectivity index (χ0) is 29.3. The minimum atomic E-state index is -4.57. The van der Waals surface area contributed by atoms with Gasteiger partial charge in [0.25, 0.3) is 5.91 Å². The second-order valence-corrected chi connectivity index (χ2v) is 9.03. The largest absolute Gasteiger partial charge is 0.496 e. The second-order valence-electron chi connectivity index (χ2n) is 8.62. The Morgan fingerprint density at radius 1 is 1.26 bits per heavy atom. The van der Waals surface area contributed by atoms with Gasteiger partial charge in [0.15, 0.2) is 0 Å². The van der Waals surface area contributed by atoms with Gasteiger partial charge in [0, 0.05) is 30.2 Å². The van der Waals surface area contributed by atoms with Crippen molar-refractivity contribution in [2.45, 2.75) is 26.6 Å². The summed E-state index contributed by atoms with van der Waals surface area (Å²) in [6.07, 6.45) is -0.295. The molecule has 0 saturated heterocycles. The standard InChI is InChI=1S/C27H32ClF3N6O2/c1-6-36(4)15-19-9-21(27(29,30)31)12-22(10-19)35-26(38)20-7-8-23(28)25(11-20)37(33)16-24(32)17(2)13-34-14-18(3)39-5/h7-14,16H,3,6,15,32-33H2,1-2,4-5H3,(H,35,38)/b17-13+,24-16-,34-14-. The zero-order valence-electron chi connectivity index (χ0n) is 22.1. The van der Waals surface area contributed by atoms with Crippen molar-refractivity contribution in [3.8, 4) is 0 Å². The Bertz CT molecular complexity index is 1290. The summed E-state index contributed by atoms with van der Waals surface area (Å²) in [6, 6.07) is 7.76. The maximum atomic E-state index is 13.5. The molecule has 0 fully saturated rings. The normalized spacial score (nSPS) is 12.7. The van der Waals surface area contributed by atoms with Gasteiger partial charge in [-0.15, -0.1) is 0 Å². The van der Waals surface area contributed by atoms with E-state index in [1.54, 1.807) is 14.0 Å². The van der Waals surface area contributed by atoms with Crippen LogP contribution in [0.15, 0.2) is 77.4 Å². The number of carbonyl (C=O) groups is 1. The van der Waals surface area contributed by atoms with Gasteiger partial charge in [0.05, 0.1) is 35.3 Å². The number of anilines is 2. The molecule has 210 valence electrons. The van der Waals surface area contributed by atoms with Crippen LogP contribution in [0.2, 0.25) is 5.02 Å². The SMILES string of the molecule is C=C(\C=N/C=C(C)/C(N)=C/N(N)c1cc(C(=O)Nc2cc(CN(C)CC)cc(C(F)(F)F)c2)ccc1Cl)OC. The number of allylic oxidation sites excluding steroid dienone is 2. The fraction of sp³-hybridized carbons (Fsp3) is 0.259. The van der Waals surface area contributed by atoms with Crippen molar-refractivity contribution >= 4 is 35.1 Å². The van der Waals surface area contributed by atoms with Crippen LogP contribution in [0, 0.1) is 0 Å². The number of rotatable bonds is 11. The molecule has 0 spiro atoms. The van der Waals surface area contributed by atoms with E-state index in [4.69, 9.17) is 27.9 Å². The Labute approximate surface area is 231 Å². The molecular formula is C27H32ClF3N6O2. The van der Waals surface area contributed by atoms with Crippen LogP contribution in [0.1, 0.15) is 35.3 Å². The fourth-order valence-electron chi connectivity index (χ4n) is 3.18. The lowest BCUT2D eigenvalue weighted by Crippen LogP contribution is -2.27. The van der Waals surface area contributed by atoms with Gasteiger partial charge in [-0.05, 0) is 68.1 Å². The maximum Gasteiger partial charge on any atom is 0.416 e. The third kappa shape index (κ3) is 9.47. The first-order valence-electron chi connectivity index (χ1n) is 11.7. The number of aliphatic imine (C=N–C) groups is 1. The van der Waals surface area contributed by atoms with Gasteiger partial charge >= 0.3 is 6.18 Å². The molecule has 0 aliphatic heterocycles. The van der Waals surface area contributed by atoms with Gasteiger partial charge < -0.3 is 20.7 Å². The van der Waals surface area contributed by atoms with Gasteiger partial charge in [-0.3, -0.25) is 14.8 Å². The number of nitrogens with two attached hydrogens (primary N) is 2. The second kappa shape index (κ2) is 13.8. The van der Waals surface area contributed by atoms with Crippen molar-refractivity contribution < 1.29 is 22.7 Å². The maximum absolute atomic E-state index is 13.5. The number of carbonyl (C=O) groups excluding carboxylic acids is 1. The van der Waals surface area contributed by atoms with Crippen molar-refractivity contribution in [3.63, 3.8) is 0 Å². The minimum absolute atomic E-state index is 0.0112.